The van der Waals surface area contributed by atoms with Crippen molar-refractivity contribution in [2.45, 2.75) is 32.8 Å². The molecule has 6 heteroatoms. The van der Waals surface area contributed by atoms with E-state index < -0.39 is 0 Å². The fraction of sp³-hybridized carbons (Fsp3) is 0.368. The highest BCUT2D eigenvalue weighted by Gasteiger charge is 2.21. The van der Waals surface area contributed by atoms with Crippen LogP contribution in [0.15, 0.2) is 18.2 Å². The van der Waals surface area contributed by atoms with Gasteiger partial charge in [0.25, 0.3) is 5.91 Å². The number of aryl methyl sites for hydroxylation is 2. The topological polar surface area (TPSA) is 77.2 Å². The first kappa shape index (κ1) is 16.3. The lowest BCUT2D eigenvalue weighted by molar-refractivity contribution is 0.0862. The van der Waals surface area contributed by atoms with Crippen LogP contribution in [0.1, 0.15) is 33.6 Å². The number of pyridine rings is 1. The van der Waals surface area contributed by atoms with Gasteiger partial charge in [0, 0.05) is 23.9 Å². The molecule has 1 saturated heterocycles. The maximum absolute atomic E-state index is 12.5. The van der Waals surface area contributed by atoms with Gasteiger partial charge in [0.1, 0.15) is 9.71 Å². The van der Waals surface area contributed by atoms with Crippen LogP contribution in [0.3, 0.4) is 0 Å². The molecule has 0 saturated carbocycles. The van der Waals surface area contributed by atoms with Crippen LogP contribution >= 0.6 is 11.3 Å². The van der Waals surface area contributed by atoms with E-state index in [0.717, 1.165) is 40.6 Å². The van der Waals surface area contributed by atoms with E-state index in [4.69, 9.17) is 15.5 Å². The molecular weight excluding hydrogens is 334 g/mol. The summed E-state index contributed by atoms with van der Waals surface area (Å²) in [4.78, 5) is 18.6. The monoisotopic (exact) mass is 355 g/mol. The molecule has 2 aromatic heterocycles. The van der Waals surface area contributed by atoms with Crippen LogP contribution in [0.4, 0.5) is 5.69 Å². The Bertz CT molecular complexity index is 974. The molecule has 1 atom stereocenters. The molecule has 1 amide bonds. The van der Waals surface area contributed by atoms with E-state index in [2.05, 4.69) is 31.3 Å². The number of nitrogens with zero attached hydrogens (tertiary/aromatic N) is 1. The Kier molecular flexibility index (Phi) is 4.09. The zero-order chi connectivity index (χ0) is 17.6. The molecule has 3 aromatic rings. The molecule has 5 nitrogen and oxygen atoms in total. The lowest BCUT2D eigenvalue weighted by Crippen LogP contribution is -2.31. The number of hydrogen-bond donors (Lipinski definition) is 2. The predicted octanol–water partition coefficient (Wildman–Crippen LogP) is 3.56. The van der Waals surface area contributed by atoms with Crippen LogP contribution in [0.5, 0.6) is 0 Å². The summed E-state index contributed by atoms with van der Waals surface area (Å²) in [5, 5.41) is 4.84. The van der Waals surface area contributed by atoms with Gasteiger partial charge in [-0.15, -0.1) is 11.3 Å². The Morgan fingerprint density at radius 1 is 1.36 bits per heavy atom. The van der Waals surface area contributed by atoms with Crippen molar-refractivity contribution in [2.24, 2.45) is 0 Å². The van der Waals surface area contributed by atoms with Gasteiger partial charge < -0.3 is 15.8 Å². The number of nitrogen functional groups attached to an aromatic ring is 1. The summed E-state index contributed by atoms with van der Waals surface area (Å²) in [5.41, 5.74) is 10.1. The van der Waals surface area contributed by atoms with Crippen molar-refractivity contribution in [2.75, 3.05) is 18.9 Å². The lowest BCUT2D eigenvalue weighted by Gasteiger charge is -2.10. The molecule has 3 N–H and O–H groups in total. The summed E-state index contributed by atoms with van der Waals surface area (Å²) in [6.07, 6.45) is 2.17. The summed E-state index contributed by atoms with van der Waals surface area (Å²) < 4.78 is 5.55. The number of nitrogens with one attached hydrogen (secondary N) is 1. The number of fused-ring (bicyclic) bond motifs is 2. The molecule has 1 aliphatic heterocycles. The van der Waals surface area contributed by atoms with E-state index in [-0.39, 0.29) is 12.0 Å². The van der Waals surface area contributed by atoms with Crippen LogP contribution in [0.25, 0.3) is 21.1 Å². The van der Waals surface area contributed by atoms with E-state index in [9.17, 15) is 4.79 Å². The normalized spacial score (nSPS) is 17.4. The fourth-order valence-electron chi connectivity index (χ4n) is 3.23. The van der Waals surface area contributed by atoms with Crippen molar-refractivity contribution in [3.8, 4) is 0 Å². The first-order valence-electron chi connectivity index (χ1n) is 8.52. The Balaban J connectivity index is 1.68. The molecule has 25 heavy (non-hydrogen) atoms. The van der Waals surface area contributed by atoms with Crippen molar-refractivity contribution in [3.63, 3.8) is 0 Å². The van der Waals surface area contributed by atoms with Crippen molar-refractivity contribution >= 4 is 44.1 Å². The van der Waals surface area contributed by atoms with Gasteiger partial charge in [-0.3, -0.25) is 4.79 Å². The number of rotatable bonds is 3. The minimum atomic E-state index is -0.146. The number of amides is 1. The maximum Gasteiger partial charge on any atom is 0.263 e. The second-order valence-electron chi connectivity index (χ2n) is 6.66. The summed E-state index contributed by atoms with van der Waals surface area (Å²) in [6, 6.07) is 6.23. The van der Waals surface area contributed by atoms with E-state index >= 15 is 0 Å². The molecule has 1 fully saturated rings. The number of hydrogen-bond acceptors (Lipinski definition) is 5. The van der Waals surface area contributed by atoms with E-state index in [1.807, 2.05) is 6.07 Å². The first-order chi connectivity index (χ1) is 12.0. The minimum absolute atomic E-state index is 0.117. The highest BCUT2D eigenvalue weighted by molar-refractivity contribution is 7.21. The summed E-state index contributed by atoms with van der Waals surface area (Å²) >= 11 is 1.35. The predicted molar refractivity (Wildman–Crippen MR) is 102 cm³/mol. The van der Waals surface area contributed by atoms with Crippen LogP contribution in [-0.4, -0.2) is 30.1 Å². The summed E-state index contributed by atoms with van der Waals surface area (Å²) in [5.74, 6) is -0.146. The standard InChI is InChI=1S/C19H21N3O2S/c1-10-6-12-8-14-16(20)17(18(23)21-9-13-4-3-5-24-13)25-19(14)22-15(12)7-11(10)2/h6-8,13H,3-5,9,20H2,1-2H3,(H,21,23). The molecule has 0 spiro atoms. The third-order valence-corrected chi connectivity index (χ3v) is 5.96. The van der Waals surface area contributed by atoms with Gasteiger partial charge in [-0.1, -0.05) is 0 Å². The average molecular weight is 355 g/mol. The number of benzene rings is 1. The highest BCUT2D eigenvalue weighted by atomic mass is 32.1. The van der Waals surface area contributed by atoms with Gasteiger partial charge >= 0.3 is 0 Å². The zero-order valence-electron chi connectivity index (χ0n) is 14.4. The highest BCUT2D eigenvalue weighted by Crippen LogP contribution is 2.35. The third kappa shape index (κ3) is 2.96. The number of nitrogens with two attached hydrogens (primary N) is 1. The van der Waals surface area contributed by atoms with Crippen LogP contribution in [0, 0.1) is 13.8 Å². The summed E-state index contributed by atoms with van der Waals surface area (Å²) in [6.45, 7) is 5.47. The number of thiophene rings is 1. The van der Waals surface area contributed by atoms with E-state index in [1.54, 1.807) is 0 Å². The van der Waals surface area contributed by atoms with Gasteiger partial charge in [0.2, 0.25) is 0 Å². The Labute approximate surface area is 150 Å². The first-order valence-corrected chi connectivity index (χ1v) is 9.34. The number of ether oxygens (including phenoxy) is 1. The van der Waals surface area contributed by atoms with Gasteiger partial charge in [0.15, 0.2) is 0 Å². The van der Waals surface area contributed by atoms with Crippen LogP contribution < -0.4 is 11.1 Å². The zero-order valence-corrected chi connectivity index (χ0v) is 15.2. The Morgan fingerprint density at radius 2 is 2.16 bits per heavy atom. The van der Waals surface area contributed by atoms with E-state index in [0.29, 0.717) is 17.1 Å². The number of anilines is 1. The van der Waals surface area contributed by atoms with Gasteiger partial charge in [-0.25, -0.2) is 4.98 Å². The smallest absolute Gasteiger partial charge is 0.263 e. The molecule has 0 bridgehead atoms. The molecule has 1 unspecified atom stereocenters. The molecular formula is C19H21N3O2S. The lowest BCUT2D eigenvalue weighted by atomic mass is 10.1. The van der Waals surface area contributed by atoms with Crippen molar-refractivity contribution < 1.29 is 9.53 Å². The molecule has 4 rings (SSSR count). The van der Waals surface area contributed by atoms with Crippen molar-refractivity contribution in [1.29, 1.82) is 0 Å². The SMILES string of the molecule is Cc1cc2cc3c(N)c(C(=O)NCC4CCCO4)sc3nc2cc1C. The Hall–Kier alpha value is -2.18. The number of aromatic nitrogens is 1. The molecule has 0 aliphatic carbocycles. The van der Waals surface area contributed by atoms with Crippen molar-refractivity contribution in [3.05, 3.63) is 34.2 Å². The Morgan fingerprint density at radius 3 is 2.92 bits per heavy atom. The van der Waals surface area contributed by atoms with Gasteiger partial charge in [0.05, 0.1) is 17.3 Å². The van der Waals surface area contributed by atoms with Crippen LogP contribution in [0.2, 0.25) is 0 Å². The third-order valence-electron chi connectivity index (χ3n) is 4.85. The average Bonchev–Trinajstić information content (AvgIpc) is 3.21. The minimum Gasteiger partial charge on any atom is -0.397 e. The molecule has 1 aliphatic rings. The molecule has 0 radical (unpaired) electrons. The van der Waals surface area contributed by atoms with Crippen molar-refractivity contribution in [1.82, 2.24) is 10.3 Å². The second kappa shape index (κ2) is 6.28. The van der Waals surface area contributed by atoms with Crippen LogP contribution in [-0.2, 0) is 4.74 Å². The molecule has 3 heterocycles. The maximum atomic E-state index is 12.5. The van der Waals surface area contributed by atoms with Gasteiger partial charge in [-0.05, 0) is 56.0 Å². The molecule has 130 valence electrons. The second-order valence-corrected chi connectivity index (χ2v) is 7.66. The fourth-order valence-corrected chi connectivity index (χ4v) is 4.23. The summed E-state index contributed by atoms with van der Waals surface area (Å²) in [7, 11) is 0. The van der Waals surface area contributed by atoms with E-state index in [1.165, 1.54) is 22.5 Å². The number of carbonyl (C=O) groups excluding carboxylic acids is 1. The van der Waals surface area contributed by atoms with Gasteiger partial charge in [-0.2, -0.15) is 0 Å². The largest absolute Gasteiger partial charge is 0.397 e. The molecule has 1 aromatic carbocycles. The number of carbonyl (C=O) groups is 1. The quantitative estimate of drug-likeness (QED) is 0.753.